The highest BCUT2D eigenvalue weighted by atomic mass is 35.5. The van der Waals surface area contributed by atoms with Gasteiger partial charge in [-0.2, -0.15) is 0 Å². The van der Waals surface area contributed by atoms with Gasteiger partial charge in [0.1, 0.15) is 0 Å². The standard InChI is InChI=1S/C14H20ClNO2/c15-14-7-2-1-4-11(14)9-18-10-13(17)8-16-12-5-3-6-12/h1-2,4,7,12-13,16-17H,3,5-6,8-10H2. The maximum atomic E-state index is 9.74. The molecule has 1 fully saturated rings. The van der Waals surface area contributed by atoms with Crippen molar-refractivity contribution >= 4 is 11.6 Å². The van der Waals surface area contributed by atoms with Gasteiger partial charge in [0, 0.05) is 17.6 Å². The summed E-state index contributed by atoms with van der Waals surface area (Å²) in [4.78, 5) is 0. The molecule has 0 saturated heterocycles. The lowest BCUT2D eigenvalue weighted by atomic mass is 9.93. The Morgan fingerprint density at radius 2 is 2.17 bits per heavy atom. The summed E-state index contributed by atoms with van der Waals surface area (Å²) in [5.74, 6) is 0. The smallest absolute Gasteiger partial charge is 0.0897 e. The summed E-state index contributed by atoms with van der Waals surface area (Å²) < 4.78 is 5.47. The van der Waals surface area contributed by atoms with Crippen molar-refractivity contribution in [2.45, 2.75) is 38.0 Å². The number of aliphatic hydroxyl groups excluding tert-OH is 1. The van der Waals surface area contributed by atoms with E-state index >= 15 is 0 Å². The zero-order chi connectivity index (χ0) is 12.8. The lowest BCUT2D eigenvalue weighted by Gasteiger charge is -2.27. The Balaban J connectivity index is 1.60. The quantitative estimate of drug-likeness (QED) is 0.799. The van der Waals surface area contributed by atoms with Crippen LogP contribution in [0.2, 0.25) is 5.02 Å². The van der Waals surface area contributed by atoms with E-state index in [4.69, 9.17) is 16.3 Å². The molecule has 0 radical (unpaired) electrons. The Labute approximate surface area is 113 Å². The first-order valence-electron chi connectivity index (χ1n) is 6.48. The van der Waals surface area contributed by atoms with Crippen LogP contribution in [0.25, 0.3) is 0 Å². The van der Waals surface area contributed by atoms with Crippen molar-refractivity contribution in [2.24, 2.45) is 0 Å². The van der Waals surface area contributed by atoms with Gasteiger partial charge in [0.15, 0.2) is 0 Å². The number of rotatable bonds is 7. The van der Waals surface area contributed by atoms with Crippen molar-refractivity contribution in [3.8, 4) is 0 Å². The third kappa shape index (κ3) is 4.25. The maximum Gasteiger partial charge on any atom is 0.0897 e. The van der Waals surface area contributed by atoms with E-state index in [1.54, 1.807) is 0 Å². The topological polar surface area (TPSA) is 41.5 Å². The first kappa shape index (κ1) is 13.8. The molecule has 100 valence electrons. The van der Waals surface area contributed by atoms with Crippen LogP contribution in [0, 0.1) is 0 Å². The average Bonchev–Trinajstić information content (AvgIpc) is 2.30. The largest absolute Gasteiger partial charge is 0.389 e. The van der Waals surface area contributed by atoms with Gasteiger partial charge in [-0.25, -0.2) is 0 Å². The van der Waals surface area contributed by atoms with Gasteiger partial charge < -0.3 is 15.2 Å². The highest BCUT2D eigenvalue weighted by molar-refractivity contribution is 6.31. The van der Waals surface area contributed by atoms with Crippen LogP contribution in [0.4, 0.5) is 0 Å². The second kappa shape index (κ2) is 7.10. The van der Waals surface area contributed by atoms with E-state index in [1.807, 2.05) is 24.3 Å². The molecule has 0 amide bonds. The third-order valence-electron chi connectivity index (χ3n) is 3.27. The molecule has 1 aliphatic carbocycles. The molecule has 1 unspecified atom stereocenters. The number of aliphatic hydroxyl groups is 1. The normalized spacial score (nSPS) is 17.4. The van der Waals surface area contributed by atoms with Crippen LogP contribution in [0.1, 0.15) is 24.8 Å². The highest BCUT2D eigenvalue weighted by Crippen LogP contribution is 2.18. The van der Waals surface area contributed by atoms with Gasteiger partial charge in [0.05, 0.1) is 19.3 Å². The van der Waals surface area contributed by atoms with Gasteiger partial charge in [-0.1, -0.05) is 36.2 Å². The number of hydrogen-bond acceptors (Lipinski definition) is 3. The average molecular weight is 270 g/mol. The zero-order valence-electron chi connectivity index (χ0n) is 10.4. The molecule has 2 N–H and O–H groups in total. The van der Waals surface area contributed by atoms with Crippen molar-refractivity contribution in [1.29, 1.82) is 0 Å². The Kier molecular flexibility index (Phi) is 5.45. The van der Waals surface area contributed by atoms with Crippen LogP contribution >= 0.6 is 11.6 Å². The number of hydrogen-bond donors (Lipinski definition) is 2. The Morgan fingerprint density at radius 1 is 1.39 bits per heavy atom. The molecule has 0 bridgehead atoms. The van der Waals surface area contributed by atoms with Gasteiger partial charge in [-0.3, -0.25) is 0 Å². The van der Waals surface area contributed by atoms with E-state index in [0.717, 1.165) is 5.56 Å². The molecule has 3 nitrogen and oxygen atoms in total. The lowest BCUT2D eigenvalue weighted by molar-refractivity contribution is 0.0263. The van der Waals surface area contributed by atoms with Gasteiger partial charge in [0.25, 0.3) is 0 Å². The minimum atomic E-state index is -0.451. The van der Waals surface area contributed by atoms with Gasteiger partial charge >= 0.3 is 0 Å². The lowest BCUT2D eigenvalue weighted by Crippen LogP contribution is -2.41. The second-order valence-corrected chi connectivity index (χ2v) is 5.20. The van der Waals surface area contributed by atoms with E-state index in [1.165, 1.54) is 19.3 Å². The van der Waals surface area contributed by atoms with Crippen LogP contribution in [0.15, 0.2) is 24.3 Å². The number of ether oxygens (including phenoxy) is 1. The molecule has 0 spiro atoms. The van der Waals surface area contributed by atoms with Crippen molar-refractivity contribution in [1.82, 2.24) is 5.32 Å². The third-order valence-corrected chi connectivity index (χ3v) is 3.64. The number of halogens is 1. The number of benzene rings is 1. The van der Waals surface area contributed by atoms with E-state index < -0.39 is 6.10 Å². The molecule has 0 heterocycles. The van der Waals surface area contributed by atoms with Crippen LogP contribution in [0.3, 0.4) is 0 Å². The van der Waals surface area contributed by atoms with Gasteiger partial charge in [-0.05, 0) is 24.5 Å². The van der Waals surface area contributed by atoms with E-state index in [2.05, 4.69) is 5.32 Å². The van der Waals surface area contributed by atoms with Gasteiger partial charge in [0.2, 0.25) is 0 Å². The molecule has 4 heteroatoms. The predicted molar refractivity (Wildman–Crippen MR) is 72.8 cm³/mol. The molecule has 0 aromatic heterocycles. The summed E-state index contributed by atoms with van der Waals surface area (Å²) in [6.07, 6.45) is 3.31. The van der Waals surface area contributed by atoms with Crippen LogP contribution in [0.5, 0.6) is 0 Å². The summed E-state index contributed by atoms with van der Waals surface area (Å²) in [6.45, 7) is 1.39. The highest BCUT2D eigenvalue weighted by Gasteiger charge is 2.17. The molecule has 0 aliphatic heterocycles. The van der Waals surface area contributed by atoms with Crippen LogP contribution in [-0.4, -0.2) is 30.4 Å². The minimum Gasteiger partial charge on any atom is -0.389 e. The predicted octanol–water partition coefficient (Wildman–Crippen LogP) is 2.36. The van der Waals surface area contributed by atoms with Gasteiger partial charge in [-0.15, -0.1) is 0 Å². The Hall–Kier alpha value is -0.610. The van der Waals surface area contributed by atoms with E-state index in [0.29, 0.717) is 30.8 Å². The van der Waals surface area contributed by atoms with E-state index in [-0.39, 0.29) is 0 Å². The molecule has 1 atom stereocenters. The fourth-order valence-corrected chi connectivity index (χ4v) is 2.08. The summed E-state index contributed by atoms with van der Waals surface area (Å²) >= 11 is 6.01. The van der Waals surface area contributed by atoms with Crippen molar-refractivity contribution in [3.63, 3.8) is 0 Å². The second-order valence-electron chi connectivity index (χ2n) is 4.80. The van der Waals surface area contributed by atoms with Crippen LogP contribution < -0.4 is 5.32 Å². The summed E-state index contributed by atoms with van der Waals surface area (Å²) in [5.41, 5.74) is 0.957. The van der Waals surface area contributed by atoms with Crippen molar-refractivity contribution in [2.75, 3.05) is 13.2 Å². The molecule has 1 saturated carbocycles. The molecular formula is C14H20ClNO2. The molecule has 18 heavy (non-hydrogen) atoms. The van der Waals surface area contributed by atoms with Crippen molar-refractivity contribution < 1.29 is 9.84 Å². The summed E-state index contributed by atoms with van der Waals surface area (Å²) in [6, 6.07) is 8.20. The fraction of sp³-hybridized carbons (Fsp3) is 0.571. The molecular weight excluding hydrogens is 250 g/mol. The Bertz CT molecular complexity index is 369. The number of nitrogens with one attached hydrogen (secondary N) is 1. The minimum absolute atomic E-state index is 0.338. The summed E-state index contributed by atoms with van der Waals surface area (Å²) in [7, 11) is 0. The molecule has 1 aromatic carbocycles. The first-order chi connectivity index (χ1) is 8.75. The first-order valence-corrected chi connectivity index (χ1v) is 6.86. The SMILES string of the molecule is OC(CNC1CCC1)COCc1ccccc1Cl. The molecule has 1 aromatic rings. The summed E-state index contributed by atoms with van der Waals surface area (Å²) in [5, 5.41) is 13.8. The maximum absolute atomic E-state index is 9.74. The molecule has 1 aliphatic rings. The monoisotopic (exact) mass is 269 g/mol. The Morgan fingerprint density at radius 3 is 2.83 bits per heavy atom. The fourth-order valence-electron chi connectivity index (χ4n) is 1.89. The zero-order valence-corrected chi connectivity index (χ0v) is 11.2. The molecule has 2 rings (SSSR count). The van der Waals surface area contributed by atoms with Crippen molar-refractivity contribution in [3.05, 3.63) is 34.9 Å². The van der Waals surface area contributed by atoms with Crippen LogP contribution in [-0.2, 0) is 11.3 Å². The van der Waals surface area contributed by atoms with E-state index in [9.17, 15) is 5.11 Å².